The molecule has 0 spiro atoms. The third-order valence-corrected chi connectivity index (χ3v) is 3.09. The lowest BCUT2D eigenvalue weighted by molar-refractivity contribution is 0.460. The molecule has 0 saturated heterocycles. The van der Waals surface area contributed by atoms with Gasteiger partial charge in [-0.3, -0.25) is 0 Å². The van der Waals surface area contributed by atoms with Crippen LogP contribution in [0.2, 0.25) is 5.02 Å². The van der Waals surface area contributed by atoms with Gasteiger partial charge < -0.3 is 10.3 Å². The van der Waals surface area contributed by atoms with Crippen molar-refractivity contribution < 1.29 is 4.52 Å². The van der Waals surface area contributed by atoms with Gasteiger partial charge in [0.15, 0.2) is 11.4 Å². The summed E-state index contributed by atoms with van der Waals surface area (Å²) in [6.45, 7) is 2.01. The number of benzene rings is 2. The highest BCUT2D eigenvalue weighted by Gasteiger charge is 2.07. The summed E-state index contributed by atoms with van der Waals surface area (Å²) < 4.78 is 5.16. The number of aromatic nitrogens is 1. The Kier molecular flexibility index (Phi) is 2.49. The van der Waals surface area contributed by atoms with Crippen LogP contribution in [0.25, 0.3) is 22.1 Å². The van der Waals surface area contributed by atoms with Crippen molar-refractivity contribution in [2.45, 2.75) is 6.92 Å². The SMILES string of the molecule is Cc1cc(Cl)cc(-c2ccc3c(N)noc3c2)c1. The molecule has 3 rings (SSSR count). The number of fused-ring (bicyclic) bond motifs is 1. The average Bonchev–Trinajstić information content (AvgIpc) is 2.69. The van der Waals surface area contributed by atoms with Gasteiger partial charge in [-0.1, -0.05) is 28.9 Å². The molecule has 1 aromatic heterocycles. The second kappa shape index (κ2) is 4.03. The maximum atomic E-state index is 6.07. The van der Waals surface area contributed by atoms with E-state index in [0.717, 1.165) is 27.1 Å². The number of nitrogen functional groups attached to an aromatic ring is 1. The fourth-order valence-corrected chi connectivity index (χ4v) is 2.33. The largest absolute Gasteiger partial charge is 0.380 e. The van der Waals surface area contributed by atoms with Crippen molar-refractivity contribution >= 4 is 28.4 Å². The van der Waals surface area contributed by atoms with Crippen molar-refractivity contribution in [3.8, 4) is 11.1 Å². The van der Waals surface area contributed by atoms with Gasteiger partial charge in [0, 0.05) is 5.02 Å². The summed E-state index contributed by atoms with van der Waals surface area (Å²) in [6, 6.07) is 11.7. The standard InChI is InChI=1S/C14H11ClN2O/c1-8-4-10(6-11(15)5-8)9-2-3-12-13(7-9)18-17-14(12)16/h2-7H,1H3,(H2,16,17). The fraction of sp³-hybridized carbons (Fsp3) is 0.0714. The third kappa shape index (κ3) is 1.83. The topological polar surface area (TPSA) is 52.0 Å². The van der Waals surface area contributed by atoms with Crippen LogP contribution in [0.1, 0.15) is 5.56 Å². The number of halogens is 1. The van der Waals surface area contributed by atoms with Crippen LogP contribution in [0, 0.1) is 6.92 Å². The van der Waals surface area contributed by atoms with E-state index >= 15 is 0 Å². The zero-order valence-electron chi connectivity index (χ0n) is 9.77. The van der Waals surface area contributed by atoms with Crippen LogP contribution in [0.4, 0.5) is 5.82 Å². The molecule has 0 amide bonds. The second-order valence-electron chi connectivity index (χ2n) is 4.30. The summed E-state index contributed by atoms with van der Waals surface area (Å²) in [5.41, 5.74) is 9.57. The number of hydrogen-bond acceptors (Lipinski definition) is 3. The third-order valence-electron chi connectivity index (χ3n) is 2.88. The molecule has 0 radical (unpaired) electrons. The molecule has 0 atom stereocenters. The van der Waals surface area contributed by atoms with Crippen molar-refractivity contribution in [3.05, 3.63) is 47.0 Å². The van der Waals surface area contributed by atoms with Gasteiger partial charge in [-0.15, -0.1) is 0 Å². The molecule has 0 saturated carbocycles. The predicted octanol–water partition coefficient (Wildman–Crippen LogP) is 4.04. The molecule has 90 valence electrons. The van der Waals surface area contributed by atoms with E-state index in [1.165, 1.54) is 0 Å². The minimum absolute atomic E-state index is 0.416. The number of anilines is 1. The van der Waals surface area contributed by atoms with E-state index < -0.39 is 0 Å². The molecule has 0 aliphatic heterocycles. The summed E-state index contributed by atoms with van der Waals surface area (Å²) in [5, 5.41) is 5.30. The molecular weight excluding hydrogens is 248 g/mol. The number of aryl methyl sites for hydroxylation is 1. The van der Waals surface area contributed by atoms with E-state index in [-0.39, 0.29) is 0 Å². The zero-order chi connectivity index (χ0) is 12.7. The van der Waals surface area contributed by atoms with Crippen LogP contribution in [-0.2, 0) is 0 Å². The van der Waals surface area contributed by atoms with Crippen LogP contribution in [-0.4, -0.2) is 5.16 Å². The molecular formula is C14H11ClN2O. The van der Waals surface area contributed by atoms with Crippen LogP contribution >= 0.6 is 11.6 Å². The predicted molar refractivity (Wildman–Crippen MR) is 73.6 cm³/mol. The molecule has 0 fully saturated rings. The maximum Gasteiger partial charge on any atom is 0.174 e. The Morgan fingerprint density at radius 2 is 1.94 bits per heavy atom. The smallest absolute Gasteiger partial charge is 0.174 e. The normalized spacial score (nSPS) is 11.0. The van der Waals surface area contributed by atoms with E-state index in [4.69, 9.17) is 21.9 Å². The fourth-order valence-electron chi connectivity index (χ4n) is 2.04. The zero-order valence-corrected chi connectivity index (χ0v) is 10.5. The van der Waals surface area contributed by atoms with Gasteiger partial charge in [-0.25, -0.2) is 0 Å². The first-order valence-corrected chi connectivity index (χ1v) is 5.94. The van der Waals surface area contributed by atoms with Crippen molar-refractivity contribution in [2.24, 2.45) is 0 Å². The minimum atomic E-state index is 0.416. The summed E-state index contributed by atoms with van der Waals surface area (Å²) in [7, 11) is 0. The van der Waals surface area contributed by atoms with Crippen molar-refractivity contribution in [1.82, 2.24) is 5.16 Å². The van der Waals surface area contributed by atoms with Crippen molar-refractivity contribution in [1.29, 1.82) is 0 Å². The van der Waals surface area contributed by atoms with Gasteiger partial charge in [0.05, 0.1) is 5.39 Å². The van der Waals surface area contributed by atoms with E-state index in [1.807, 2.05) is 37.3 Å². The van der Waals surface area contributed by atoms with Crippen LogP contribution < -0.4 is 5.73 Å². The van der Waals surface area contributed by atoms with Gasteiger partial charge in [0.2, 0.25) is 0 Å². The first kappa shape index (κ1) is 11.1. The van der Waals surface area contributed by atoms with Crippen molar-refractivity contribution in [2.75, 3.05) is 5.73 Å². The molecule has 4 heteroatoms. The molecule has 3 nitrogen and oxygen atoms in total. The monoisotopic (exact) mass is 258 g/mol. The Hall–Kier alpha value is -2.00. The quantitative estimate of drug-likeness (QED) is 0.717. The summed E-state index contributed by atoms with van der Waals surface area (Å²) >= 11 is 6.07. The van der Waals surface area contributed by atoms with E-state index in [0.29, 0.717) is 11.4 Å². The molecule has 18 heavy (non-hydrogen) atoms. The lowest BCUT2D eigenvalue weighted by Gasteiger charge is -2.04. The van der Waals surface area contributed by atoms with Crippen LogP contribution in [0.15, 0.2) is 40.9 Å². The van der Waals surface area contributed by atoms with Gasteiger partial charge in [-0.2, -0.15) is 0 Å². The molecule has 0 aliphatic carbocycles. The lowest BCUT2D eigenvalue weighted by atomic mass is 10.0. The highest BCUT2D eigenvalue weighted by molar-refractivity contribution is 6.31. The summed E-state index contributed by atoms with van der Waals surface area (Å²) in [4.78, 5) is 0. The first-order chi connectivity index (χ1) is 8.63. The van der Waals surface area contributed by atoms with Crippen LogP contribution in [0.5, 0.6) is 0 Å². The Bertz CT molecular complexity index is 713. The number of nitrogens with two attached hydrogens (primary N) is 1. The Balaban J connectivity index is 2.18. The number of rotatable bonds is 1. The molecule has 0 unspecified atom stereocenters. The summed E-state index contributed by atoms with van der Waals surface area (Å²) in [6.07, 6.45) is 0. The summed E-state index contributed by atoms with van der Waals surface area (Å²) in [5.74, 6) is 0.416. The lowest BCUT2D eigenvalue weighted by Crippen LogP contribution is -1.84. The average molecular weight is 259 g/mol. The maximum absolute atomic E-state index is 6.07. The van der Waals surface area contributed by atoms with Crippen molar-refractivity contribution in [3.63, 3.8) is 0 Å². The van der Waals surface area contributed by atoms with Gasteiger partial charge in [0.25, 0.3) is 0 Å². The van der Waals surface area contributed by atoms with E-state index in [1.54, 1.807) is 0 Å². The van der Waals surface area contributed by atoms with Gasteiger partial charge in [-0.05, 0) is 47.9 Å². The van der Waals surface area contributed by atoms with Gasteiger partial charge in [0.1, 0.15) is 0 Å². The Morgan fingerprint density at radius 3 is 2.72 bits per heavy atom. The van der Waals surface area contributed by atoms with E-state index in [2.05, 4.69) is 11.2 Å². The molecule has 2 aromatic carbocycles. The molecule has 1 heterocycles. The second-order valence-corrected chi connectivity index (χ2v) is 4.73. The first-order valence-electron chi connectivity index (χ1n) is 5.56. The Labute approximate surface area is 109 Å². The number of hydrogen-bond donors (Lipinski definition) is 1. The van der Waals surface area contributed by atoms with E-state index in [9.17, 15) is 0 Å². The number of nitrogens with zero attached hydrogens (tertiary/aromatic N) is 1. The highest BCUT2D eigenvalue weighted by atomic mass is 35.5. The molecule has 3 aromatic rings. The van der Waals surface area contributed by atoms with Crippen LogP contribution in [0.3, 0.4) is 0 Å². The molecule has 0 aliphatic rings. The highest BCUT2D eigenvalue weighted by Crippen LogP contribution is 2.29. The molecule has 2 N–H and O–H groups in total. The Morgan fingerprint density at radius 1 is 1.11 bits per heavy atom. The minimum Gasteiger partial charge on any atom is -0.380 e. The van der Waals surface area contributed by atoms with Gasteiger partial charge >= 0.3 is 0 Å². The molecule has 0 bridgehead atoms.